The fraction of sp³-hybridized carbons (Fsp3) is 0.455. The molecule has 0 atom stereocenters. The van der Waals surface area contributed by atoms with Crippen molar-refractivity contribution < 1.29 is 4.74 Å². The Morgan fingerprint density at radius 1 is 1.33 bits per heavy atom. The zero-order valence-corrected chi connectivity index (χ0v) is 10.4. The molecule has 0 unspecified atom stereocenters. The Kier molecular flexibility index (Phi) is 7.35. The van der Waals surface area contributed by atoms with Crippen LogP contribution in [0.1, 0.15) is 26.2 Å². The number of ether oxygens (including phenoxy) is 1. The molecule has 1 rings (SSSR count). The van der Waals surface area contributed by atoms with E-state index < -0.39 is 0 Å². The highest BCUT2D eigenvalue weighted by Gasteiger charge is 2.00. The Bertz CT molecular complexity index is 292. The minimum atomic E-state index is 0. The van der Waals surface area contributed by atoms with Crippen LogP contribution in [0.25, 0.3) is 0 Å². The summed E-state index contributed by atoms with van der Waals surface area (Å²) in [4.78, 5) is 0. The van der Waals surface area contributed by atoms with E-state index in [4.69, 9.17) is 22.1 Å². The van der Waals surface area contributed by atoms with Crippen LogP contribution in [0.2, 0.25) is 5.02 Å². The van der Waals surface area contributed by atoms with Crippen molar-refractivity contribution in [1.29, 1.82) is 0 Å². The Morgan fingerprint density at radius 2 is 2.07 bits per heavy atom. The second-order valence-electron chi connectivity index (χ2n) is 3.25. The summed E-state index contributed by atoms with van der Waals surface area (Å²) >= 11 is 5.94. The number of anilines is 1. The molecule has 1 aromatic carbocycles. The lowest BCUT2D eigenvalue weighted by atomic mass is 10.2. The van der Waals surface area contributed by atoms with Crippen LogP contribution in [0, 0.1) is 0 Å². The number of nitrogen functional groups attached to an aromatic ring is 1. The molecule has 0 amide bonds. The van der Waals surface area contributed by atoms with Gasteiger partial charge in [0.05, 0.1) is 11.6 Å². The first-order chi connectivity index (χ1) is 6.74. The normalized spacial score (nSPS) is 9.47. The molecule has 0 aliphatic heterocycles. The molecular weight excluding hydrogens is 233 g/mol. The summed E-state index contributed by atoms with van der Waals surface area (Å²) in [6, 6.07) is 5.31. The van der Waals surface area contributed by atoms with Crippen LogP contribution >= 0.6 is 24.0 Å². The van der Waals surface area contributed by atoms with Gasteiger partial charge in [-0.15, -0.1) is 12.4 Å². The maximum Gasteiger partial charge on any atom is 0.138 e. The molecule has 0 heterocycles. The summed E-state index contributed by atoms with van der Waals surface area (Å²) in [6.07, 6.45) is 3.45. The Hall–Kier alpha value is -0.600. The third-order valence-electron chi connectivity index (χ3n) is 1.96. The number of rotatable bonds is 5. The van der Waals surface area contributed by atoms with E-state index in [1.165, 1.54) is 12.8 Å². The number of halogens is 2. The lowest BCUT2D eigenvalue weighted by Crippen LogP contribution is -1.97. The van der Waals surface area contributed by atoms with Crippen molar-refractivity contribution in [2.45, 2.75) is 26.2 Å². The molecule has 0 bridgehead atoms. The lowest BCUT2D eigenvalue weighted by molar-refractivity contribution is 0.306. The van der Waals surface area contributed by atoms with Crippen molar-refractivity contribution in [3.63, 3.8) is 0 Å². The van der Waals surface area contributed by atoms with Gasteiger partial charge >= 0.3 is 0 Å². The smallest absolute Gasteiger partial charge is 0.138 e. The van der Waals surface area contributed by atoms with Gasteiger partial charge in [0.1, 0.15) is 5.75 Å². The molecule has 0 spiro atoms. The topological polar surface area (TPSA) is 35.2 Å². The molecular formula is C11H17Cl2NO. The number of unbranched alkanes of at least 4 members (excludes halogenated alkanes) is 2. The van der Waals surface area contributed by atoms with E-state index >= 15 is 0 Å². The van der Waals surface area contributed by atoms with Gasteiger partial charge in [0.15, 0.2) is 0 Å². The largest absolute Gasteiger partial charge is 0.492 e. The highest BCUT2D eigenvalue weighted by Crippen LogP contribution is 2.26. The molecule has 0 radical (unpaired) electrons. The van der Waals surface area contributed by atoms with Gasteiger partial charge in [-0.05, 0) is 24.6 Å². The minimum absolute atomic E-state index is 0. The van der Waals surface area contributed by atoms with Crippen molar-refractivity contribution in [3.8, 4) is 5.75 Å². The summed E-state index contributed by atoms with van der Waals surface area (Å²) in [6.45, 7) is 2.88. The molecule has 86 valence electrons. The van der Waals surface area contributed by atoms with Gasteiger partial charge in [-0.3, -0.25) is 0 Å². The summed E-state index contributed by atoms with van der Waals surface area (Å²) in [5.74, 6) is 0.719. The van der Waals surface area contributed by atoms with Crippen LogP contribution < -0.4 is 10.5 Å². The fourth-order valence-electron chi connectivity index (χ4n) is 1.17. The Labute approximate surface area is 102 Å². The van der Waals surface area contributed by atoms with Crippen molar-refractivity contribution in [1.82, 2.24) is 0 Å². The molecule has 0 saturated carbocycles. The molecule has 15 heavy (non-hydrogen) atoms. The zero-order chi connectivity index (χ0) is 10.4. The van der Waals surface area contributed by atoms with E-state index in [9.17, 15) is 0 Å². The standard InChI is InChI=1S/C11H16ClNO.ClH/c1-2-3-4-7-14-11-6-5-9(13)8-10(11)12;/h5-6,8H,2-4,7,13H2,1H3;1H. The summed E-state index contributed by atoms with van der Waals surface area (Å²) in [5, 5.41) is 0.585. The number of hydrogen-bond donors (Lipinski definition) is 1. The van der Waals surface area contributed by atoms with Gasteiger partial charge < -0.3 is 10.5 Å². The van der Waals surface area contributed by atoms with E-state index in [2.05, 4.69) is 6.92 Å². The second-order valence-corrected chi connectivity index (χ2v) is 3.65. The first-order valence-electron chi connectivity index (χ1n) is 4.92. The van der Waals surface area contributed by atoms with Crippen molar-refractivity contribution >= 4 is 29.7 Å². The van der Waals surface area contributed by atoms with Crippen LogP contribution in [0.15, 0.2) is 18.2 Å². The third-order valence-corrected chi connectivity index (χ3v) is 2.26. The fourth-order valence-corrected chi connectivity index (χ4v) is 1.41. The van der Waals surface area contributed by atoms with Crippen LogP contribution in [0.5, 0.6) is 5.75 Å². The van der Waals surface area contributed by atoms with Crippen LogP contribution in [0.4, 0.5) is 5.69 Å². The number of nitrogens with two attached hydrogens (primary N) is 1. The predicted molar refractivity (Wildman–Crippen MR) is 68.1 cm³/mol. The maximum absolute atomic E-state index is 5.94. The predicted octanol–water partition coefficient (Wildman–Crippen LogP) is 3.91. The highest BCUT2D eigenvalue weighted by atomic mass is 35.5. The molecule has 0 fully saturated rings. The van der Waals surface area contributed by atoms with Gasteiger partial charge in [-0.1, -0.05) is 31.4 Å². The molecule has 4 heteroatoms. The minimum Gasteiger partial charge on any atom is -0.492 e. The third kappa shape index (κ3) is 5.14. The van der Waals surface area contributed by atoms with Gasteiger partial charge in [-0.25, -0.2) is 0 Å². The average molecular weight is 250 g/mol. The molecule has 1 aromatic rings. The Balaban J connectivity index is 0.00000196. The van der Waals surface area contributed by atoms with Gasteiger partial charge in [0.2, 0.25) is 0 Å². The van der Waals surface area contributed by atoms with E-state index in [0.29, 0.717) is 10.7 Å². The summed E-state index contributed by atoms with van der Waals surface area (Å²) in [7, 11) is 0. The lowest BCUT2D eigenvalue weighted by Gasteiger charge is -2.07. The van der Waals surface area contributed by atoms with Crippen molar-refractivity contribution in [3.05, 3.63) is 23.2 Å². The van der Waals surface area contributed by atoms with E-state index in [1.54, 1.807) is 12.1 Å². The van der Waals surface area contributed by atoms with Crippen molar-refractivity contribution in [2.24, 2.45) is 0 Å². The van der Waals surface area contributed by atoms with Crippen LogP contribution in [-0.2, 0) is 0 Å². The Morgan fingerprint density at radius 3 is 2.67 bits per heavy atom. The molecule has 0 aromatic heterocycles. The SMILES string of the molecule is CCCCCOc1ccc(N)cc1Cl.Cl. The van der Waals surface area contributed by atoms with Crippen molar-refractivity contribution in [2.75, 3.05) is 12.3 Å². The van der Waals surface area contributed by atoms with E-state index in [1.807, 2.05) is 6.07 Å². The molecule has 0 aliphatic rings. The first kappa shape index (κ1) is 14.4. The number of benzene rings is 1. The second kappa shape index (κ2) is 7.66. The molecule has 0 aliphatic carbocycles. The first-order valence-corrected chi connectivity index (χ1v) is 5.29. The highest BCUT2D eigenvalue weighted by molar-refractivity contribution is 6.32. The molecule has 2 N–H and O–H groups in total. The summed E-state index contributed by atoms with van der Waals surface area (Å²) in [5.41, 5.74) is 6.23. The van der Waals surface area contributed by atoms with Gasteiger partial charge in [-0.2, -0.15) is 0 Å². The van der Waals surface area contributed by atoms with Crippen LogP contribution in [0.3, 0.4) is 0 Å². The van der Waals surface area contributed by atoms with Crippen LogP contribution in [-0.4, -0.2) is 6.61 Å². The zero-order valence-electron chi connectivity index (χ0n) is 8.83. The number of hydrogen-bond acceptors (Lipinski definition) is 2. The summed E-state index contributed by atoms with van der Waals surface area (Å²) < 4.78 is 5.51. The van der Waals surface area contributed by atoms with E-state index in [0.717, 1.165) is 18.8 Å². The monoisotopic (exact) mass is 249 g/mol. The maximum atomic E-state index is 5.94. The average Bonchev–Trinajstić information content (AvgIpc) is 2.15. The van der Waals surface area contributed by atoms with Gasteiger partial charge in [0.25, 0.3) is 0 Å². The quantitative estimate of drug-likeness (QED) is 0.635. The molecule has 2 nitrogen and oxygen atoms in total. The van der Waals surface area contributed by atoms with E-state index in [-0.39, 0.29) is 12.4 Å². The molecule has 0 saturated heterocycles. The van der Waals surface area contributed by atoms with Gasteiger partial charge in [0, 0.05) is 5.69 Å².